The van der Waals surface area contributed by atoms with E-state index in [1.54, 1.807) is 18.6 Å². The fourth-order valence-corrected chi connectivity index (χ4v) is 3.25. The van der Waals surface area contributed by atoms with Crippen LogP contribution in [0.4, 0.5) is 10.2 Å². The number of aromatic nitrogens is 3. The molecule has 0 bridgehead atoms. The van der Waals surface area contributed by atoms with Crippen molar-refractivity contribution in [2.75, 3.05) is 18.4 Å². The lowest BCUT2D eigenvalue weighted by atomic mass is 10.0. The summed E-state index contributed by atoms with van der Waals surface area (Å²) < 4.78 is 14.3. The first-order valence-electron chi connectivity index (χ1n) is 8.85. The molecule has 138 valence electrons. The van der Waals surface area contributed by atoms with E-state index < -0.39 is 6.17 Å². The number of halogens is 2. The van der Waals surface area contributed by atoms with Crippen molar-refractivity contribution in [2.24, 2.45) is 0 Å². The normalized spacial score (nSPS) is 19.6. The van der Waals surface area contributed by atoms with Gasteiger partial charge in [0.25, 0.3) is 0 Å². The number of nitrogens with one attached hydrogen (secondary N) is 2. The van der Waals surface area contributed by atoms with Crippen LogP contribution in [0.3, 0.4) is 0 Å². The van der Waals surface area contributed by atoms with Crippen molar-refractivity contribution in [3.8, 4) is 22.5 Å². The van der Waals surface area contributed by atoms with Crippen molar-refractivity contribution in [1.29, 1.82) is 0 Å². The van der Waals surface area contributed by atoms with Gasteiger partial charge >= 0.3 is 0 Å². The molecule has 0 aliphatic carbocycles. The largest absolute Gasteiger partial charge is 0.364 e. The Hall–Kier alpha value is -2.57. The monoisotopic (exact) mass is 383 g/mol. The van der Waals surface area contributed by atoms with E-state index in [1.165, 1.54) is 0 Å². The van der Waals surface area contributed by atoms with Gasteiger partial charge in [-0.2, -0.15) is 0 Å². The Morgan fingerprint density at radius 1 is 1.11 bits per heavy atom. The second-order valence-electron chi connectivity index (χ2n) is 6.46. The standard InChI is InChI=1S/C20H19ClFN5/c21-15-5-3-13(4-6-15)16-11-25-19(14-2-1-8-23-10-14)27-20(16)26-18-7-9-24-12-17(18)22/h1-6,8,10-11,17-18,24H,7,9,12H2,(H,25,26,27)/t17-,18-/m1/s1. The highest BCUT2D eigenvalue weighted by Crippen LogP contribution is 2.30. The van der Waals surface area contributed by atoms with Crippen LogP contribution >= 0.6 is 11.6 Å². The van der Waals surface area contributed by atoms with Crippen LogP contribution in [0.15, 0.2) is 55.0 Å². The Balaban J connectivity index is 1.74. The van der Waals surface area contributed by atoms with E-state index in [0.29, 0.717) is 29.6 Å². The molecule has 4 rings (SSSR count). The molecule has 1 aliphatic rings. The van der Waals surface area contributed by atoms with Crippen LogP contribution in [-0.4, -0.2) is 40.3 Å². The molecule has 27 heavy (non-hydrogen) atoms. The number of alkyl halides is 1. The first-order valence-corrected chi connectivity index (χ1v) is 9.23. The van der Waals surface area contributed by atoms with E-state index in [4.69, 9.17) is 11.6 Å². The predicted molar refractivity (Wildman–Crippen MR) is 106 cm³/mol. The maximum atomic E-state index is 14.3. The summed E-state index contributed by atoms with van der Waals surface area (Å²) in [7, 11) is 0. The quantitative estimate of drug-likeness (QED) is 0.713. The van der Waals surface area contributed by atoms with Gasteiger partial charge in [0.15, 0.2) is 5.82 Å². The summed E-state index contributed by atoms with van der Waals surface area (Å²) in [6, 6.07) is 10.9. The summed E-state index contributed by atoms with van der Waals surface area (Å²) >= 11 is 6.01. The molecule has 7 heteroatoms. The third-order valence-electron chi connectivity index (χ3n) is 4.59. The minimum Gasteiger partial charge on any atom is -0.364 e. The maximum Gasteiger partial charge on any atom is 0.163 e. The van der Waals surface area contributed by atoms with Gasteiger partial charge in [-0.1, -0.05) is 23.7 Å². The van der Waals surface area contributed by atoms with Crippen LogP contribution < -0.4 is 10.6 Å². The molecule has 0 spiro atoms. The lowest BCUT2D eigenvalue weighted by Gasteiger charge is -2.28. The fraction of sp³-hybridized carbons (Fsp3) is 0.250. The highest BCUT2D eigenvalue weighted by atomic mass is 35.5. The second kappa shape index (κ2) is 7.98. The Labute approximate surface area is 162 Å². The van der Waals surface area contributed by atoms with Gasteiger partial charge in [-0.15, -0.1) is 0 Å². The SMILES string of the molecule is F[C@@H]1CNCC[C@H]1Nc1nc(-c2cccnc2)ncc1-c1ccc(Cl)cc1. The minimum atomic E-state index is -0.978. The topological polar surface area (TPSA) is 62.7 Å². The maximum absolute atomic E-state index is 14.3. The lowest BCUT2D eigenvalue weighted by molar-refractivity contribution is 0.244. The van der Waals surface area contributed by atoms with Crippen molar-refractivity contribution in [1.82, 2.24) is 20.3 Å². The molecule has 1 saturated heterocycles. The van der Waals surface area contributed by atoms with E-state index in [1.807, 2.05) is 36.4 Å². The van der Waals surface area contributed by atoms with Crippen LogP contribution in [0.2, 0.25) is 5.02 Å². The number of benzene rings is 1. The predicted octanol–water partition coefficient (Wildman–Crippen LogP) is 3.97. The van der Waals surface area contributed by atoms with Gasteiger partial charge in [0.1, 0.15) is 12.0 Å². The van der Waals surface area contributed by atoms with Gasteiger partial charge in [-0.3, -0.25) is 4.98 Å². The van der Waals surface area contributed by atoms with Gasteiger partial charge in [0, 0.05) is 41.3 Å². The lowest BCUT2D eigenvalue weighted by Crippen LogP contribution is -2.45. The molecule has 2 atom stereocenters. The molecular formula is C20H19ClFN5. The molecule has 0 saturated carbocycles. The number of nitrogens with zero attached hydrogens (tertiary/aromatic N) is 3. The zero-order chi connectivity index (χ0) is 18.6. The molecule has 0 amide bonds. The summed E-state index contributed by atoms with van der Waals surface area (Å²) in [5, 5.41) is 7.03. The zero-order valence-electron chi connectivity index (χ0n) is 14.6. The van der Waals surface area contributed by atoms with Gasteiger partial charge in [0.2, 0.25) is 0 Å². The van der Waals surface area contributed by atoms with Crippen LogP contribution in [0.5, 0.6) is 0 Å². The van der Waals surface area contributed by atoms with Crippen LogP contribution in [-0.2, 0) is 0 Å². The Morgan fingerprint density at radius 2 is 1.96 bits per heavy atom. The van der Waals surface area contributed by atoms with E-state index in [9.17, 15) is 4.39 Å². The summed E-state index contributed by atoms with van der Waals surface area (Å²) in [4.78, 5) is 13.3. The van der Waals surface area contributed by atoms with Crippen molar-refractivity contribution in [3.05, 3.63) is 60.0 Å². The third kappa shape index (κ3) is 4.07. The molecule has 0 radical (unpaired) electrons. The van der Waals surface area contributed by atoms with Crippen LogP contribution in [0, 0.1) is 0 Å². The van der Waals surface area contributed by atoms with E-state index >= 15 is 0 Å². The van der Waals surface area contributed by atoms with E-state index in [2.05, 4.69) is 25.6 Å². The average molecular weight is 384 g/mol. The summed E-state index contributed by atoms with van der Waals surface area (Å²) in [5.74, 6) is 1.16. The van der Waals surface area contributed by atoms with Gasteiger partial charge < -0.3 is 10.6 Å². The van der Waals surface area contributed by atoms with Crippen molar-refractivity contribution in [2.45, 2.75) is 18.6 Å². The fourth-order valence-electron chi connectivity index (χ4n) is 3.13. The number of rotatable bonds is 4. The van der Waals surface area contributed by atoms with E-state index in [0.717, 1.165) is 23.2 Å². The van der Waals surface area contributed by atoms with Gasteiger partial charge in [-0.05, 0) is 42.8 Å². The Kier molecular flexibility index (Phi) is 5.27. The molecule has 2 aromatic heterocycles. The molecule has 5 nitrogen and oxygen atoms in total. The molecule has 2 N–H and O–H groups in total. The first-order chi connectivity index (χ1) is 13.2. The van der Waals surface area contributed by atoms with Crippen molar-refractivity contribution in [3.63, 3.8) is 0 Å². The molecule has 3 aromatic rings. The zero-order valence-corrected chi connectivity index (χ0v) is 15.3. The van der Waals surface area contributed by atoms with Gasteiger partial charge in [-0.25, -0.2) is 14.4 Å². The molecular weight excluding hydrogens is 365 g/mol. The number of anilines is 1. The first kappa shape index (κ1) is 17.8. The van der Waals surface area contributed by atoms with Crippen molar-refractivity contribution >= 4 is 17.4 Å². The van der Waals surface area contributed by atoms with Crippen molar-refractivity contribution < 1.29 is 4.39 Å². The summed E-state index contributed by atoms with van der Waals surface area (Å²) in [6.07, 6.45) is 4.88. The minimum absolute atomic E-state index is 0.297. The summed E-state index contributed by atoms with van der Waals surface area (Å²) in [6.45, 7) is 1.11. The molecule has 0 unspecified atom stereocenters. The highest BCUT2D eigenvalue weighted by Gasteiger charge is 2.26. The molecule has 1 aliphatic heterocycles. The molecule has 3 heterocycles. The number of piperidine rings is 1. The Bertz CT molecular complexity index is 904. The highest BCUT2D eigenvalue weighted by molar-refractivity contribution is 6.30. The Morgan fingerprint density at radius 3 is 2.70 bits per heavy atom. The smallest absolute Gasteiger partial charge is 0.163 e. The van der Waals surface area contributed by atoms with Gasteiger partial charge in [0.05, 0.1) is 6.04 Å². The number of pyridine rings is 1. The van der Waals surface area contributed by atoms with Crippen LogP contribution in [0.25, 0.3) is 22.5 Å². The molecule has 1 fully saturated rings. The molecule has 1 aromatic carbocycles. The average Bonchev–Trinajstić information content (AvgIpc) is 2.71. The van der Waals surface area contributed by atoms with Crippen LogP contribution in [0.1, 0.15) is 6.42 Å². The second-order valence-corrected chi connectivity index (χ2v) is 6.90. The summed E-state index contributed by atoms with van der Waals surface area (Å²) in [5.41, 5.74) is 2.54. The number of hydrogen-bond acceptors (Lipinski definition) is 5. The number of hydrogen-bond donors (Lipinski definition) is 2. The third-order valence-corrected chi connectivity index (χ3v) is 4.85. The van der Waals surface area contributed by atoms with E-state index in [-0.39, 0.29) is 6.04 Å².